The molecule has 0 amide bonds. The molecular formula is C5H6N2O3. The maximum Gasteiger partial charge on any atom is 0.233 e. The maximum absolute atomic E-state index is 9.96. The smallest absolute Gasteiger partial charge is 0.233 e. The van der Waals surface area contributed by atoms with Crippen molar-refractivity contribution < 1.29 is 9.45 Å². The molecular weight excluding hydrogens is 136 g/mol. The summed E-state index contributed by atoms with van der Waals surface area (Å²) < 4.78 is 4.61. The van der Waals surface area contributed by atoms with Crippen LogP contribution < -0.4 is 0 Å². The second kappa shape index (κ2) is 2.47. The lowest BCUT2D eigenvalue weighted by Gasteiger charge is -1.86. The number of aromatic nitrogens is 1. The zero-order valence-electron chi connectivity index (χ0n) is 5.40. The number of nitro groups is 1. The van der Waals surface area contributed by atoms with Crippen molar-refractivity contribution in [2.75, 3.05) is 0 Å². The predicted octanol–water partition coefficient (Wildman–Crippen LogP) is 0.760. The highest BCUT2D eigenvalue weighted by Crippen LogP contribution is 2.05. The Balaban J connectivity index is 2.74. The minimum absolute atomic E-state index is 0.213. The fraction of sp³-hybridized carbons (Fsp3) is 0.400. The van der Waals surface area contributed by atoms with Crippen molar-refractivity contribution in [1.82, 2.24) is 5.16 Å². The molecule has 5 nitrogen and oxygen atoms in total. The third kappa shape index (κ3) is 1.31. The summed E-state index contributed by atoms with van der Waals surface area (Å²) in [6.07, 6.45) is 1.36. The molecule has 5 heteroatoms. The van der Waals surface area contributed by atoms with Crippen LogP contribution in [-0.2, 0) is 6.54 Å². The highest BCUT2D eigenvalue weighted by atomic mass is 16.6. The van der Waals surface area contributed by atoms with Crippen LogP contribution in [0.25, 0.3) is 0 Å². The summed E-state index contributed by atoms with van der Waals surface area (Å²) in [5.41, 5.74) is 0.532. The Hall–Kier alpha value is -1.39. The fourth-order valence-corrected chi connectivity index (χ4v) is 0.610. The molecule has 10 heavy (non-hydrogen) atoms. The third-order valence-corrected chi connectivity index (χ3v) is 1.15. The lowest BCUT2D eigenvalue weighted by Crippen LogP contribution is -1.97. The first-order chi connectivity index (χ1) is 4.70. The van der Waals surface area contributed by atoms with Gasteiger partial charge in [0.25, 0.3) is 0 Å². The van der Waals surface area contributed by atoms with Gasteiger partial charge in [-0.3, -0.25) is 10.1 Å². The third-order valence-electron chi connectivity index (χ3n) is 1.15. The molecule has 0 saturated heterocycles. The molecule has 1 heterocycles. The van der Waals surface area contributed by atoms with Crippen LogP contribution in [-0.4, -0.2) is 10.1 Å². The van der Waals surface area contributed by atoms with Crippen molar-refractivity contribution >= 4 is 0 Å². The number of rotatable bonds is 2. The van der Waals surface area contributed by atoms with E-state index in [2.05, 4.69) is 9.68 Å². The van der Waals surface area contributed by atoms with E-state index in [9.17, 15) is 10.1 Å². The Bertz CT molecular complexity index is 243. The van der Waals surface area contributed by atoms with Crippen LogP contribution in [0.3, 0.4) is 0 Å². The predicted molar refractivity (Wildman–Crippen MR) is 31.9 cm³/mol. The normalized spacial score (nSPS) is 9.70. The van der Waals surface area contributed by atoms with E-state index >= 15 is 0 Å². The molecule has 0 N–H and O–H groups in total. The van der Waals surface area contributed by atoms with Gasteiger partial charge in [0.1, 0.15) is 5.76 Å². The van der Waals surface area contributed by atoms with Gasteiger partial charge in [0, 0.05) is 4.92 Å². The van der Waals surface area contributed by atoms with E-state index in [1.165, 1.54) is 6.20 Å². The summed E-state index contributed by atoms with van der Waals surface area (Å²) in [6.45, 7) is 1.43. The molecule has 0 radical (unpaired) electrons. The number of hydrogen-bond acceptors (Lipinski definition) is 4. The van der Waals surface area contributed by atoms with Crippen molar-refractivity contribution in [2.45, 2.75) is 13.5 Å². The van der Waals surface area contributed by atoms with Gasteiger partial charge in [0.05, 0.1) is 11.8 Å². The van der Waals surface area contributed by atoms with Gasteiger partial charge in [-0.15, -0.1) is 0 Å². The molecule has 0 saturated carbocycles. The van der Waals surface area contributed by atoms with Crippen LogP contribution in [0.5, 0.6) is 0 Å². The quantitative estimate of drug-likeness (QED) is 0.451. The van der Waals surface area contributed by atoms with Gasteiger partial charge in [0.2, 0.25) is 6.54 Å². The standard InChI is InChI=1S/C5H6N2O3/c1-4-5(2-6-10-4)3-7(8)9/h2H,3H2,1H3. The Morgan fingerprint density at radius 3 is 3.00 bits per heavy atom. The van der Waals surface area contributed by atoms with Crippen LogP contribution in [0.2, 0.25) is 0 Å². The first kappa shape index (κ1) is 6.73. The maximum atomic E-state index is 9.96. The lowest BCUT2D eigenvalue weighted by molar-refractivity contribution is -0.497. The van der Waals surface area contributed by atoms with Gasteiger partial charge < -0.3 is 4.52 Å². The van der Waals surface area contributed by atoms with Crippen LogP contribution in [0, 0.1) is 17.0 Å². The summed E-state index contributed by atoms with van der Waals surface area (Å²) in [4.78, 5) is 9.54. The van der Waals surface area contributed by atoms with E-state index in [1.807, 2.05) is 0 Å². The van der Waals surface area contributed by atoms with E-state index < -0.39 is 4.92 Å². The summed E-state index contributed by atoms with van der Waals surface area (Å²) >= 11 is 0. The van der Waals surface area contributed by atoms with Crippen molar-refractivity contribution in [1.29, 1.82) is 0 Å². The first-order valence-corrected chi connectivity index (χ1v) is 2.72. The minimum atomic E-state index is -0.417. The van der Waals surface area contributed by atoms with Crippen molar-refractivity contribution in [3.05, 3.63) is 27.6 Å². The minimum Gasteiger partial charge on any atom is -0.361 e. The van der Waals surface area contributed by atoms with Crippen LogP contribution in [0.4, 0.5) is 0 Å². The van der Waals surface area contributed by atoms with Gasteiger partial charge >= 0.3 is 0 Å². The molecule has 1 aromatic heterocycles. The van der Waals surface area contributed by atoms with E-state index in [0.717, 1.165) is 0 Å². The molecule has 0 aromatic carbocycles. The molecule has 0 aliphatic heterocycles. The second-order valence-electron chi connectivity index (χ2n) is 1.90. The zero-order chi connectivity index (χ0) is 7.56. The molecule has 0 atom stereocenters. The molecule has 0 aliphatic rings. The number of hydrogen-bond donors (Lipinski definition) is 0. The largest absolute Gasteiger partial charge is 0.361 e. The monoisotopic (exact) mass is 142 g/mol. The van der Waals surface area contributed by atoms with E-state index in [4.69, 9.17) is 0 Å². The highest BCUT2D eigenvalue weighted by Gasteiger charge is 2.07. The summed E-state index contributed by atoms with van der Waals surface area (Å²) in [7, 11) is 0. The lowest BCUT2D eigenvalue weighted by atomic mass is 10.3. The molecule has 54 valence electrons. The molecule has 0 bridgehead atoms. The van der Waals surface area contributed by atoms with Crippen LogP contribution >= 0.6 is 0 Å². The Morgan fingerprint density at radius 2 is 2.60 bits per heavy atom. The molecule has 0 spiro atoms. The van der Waals surface area contributed by atoms with Crippen LogP contribution in [0.1, 0.15) is 11.3 Å². The average molecular weight is 142 g/mol. The number of nitrogens with zero attached hydrogens (tertiary/aromatic N) is 2. The van der Waals surface area contributed by atoms with Crippen molar-refractivity contribution in [3.8, 4) is 0 Å². The van der Waals surface area contributed by atoms with E-state index in [1.54, 1.807) is 6.92 Å². The molecule has 1 aromatic rings. The summed E-state index contributed by atoms with van der Waals surface area (Å²) in [5, 5.41) is 13.4. The van der Waals surface area contributed by atoms with Crippen molar-refractivity contribution in [2.24, 2.45) is 0 Å². The SMILES string of the molecule is Cc1oncc1C[N+](=O)[O-]. The van der Waals surface area contributed by atoms with Gasteiger partial charge in [-0.2, -0.15) is 0 Å². The van der Waals surface area contributed by atoms with Gasteiger partial charge in [-0.1, -0.05) is 5.16 Å². The molecule has 1 rings (SSSR count). The van der Waals surface area contributed by atoms with E-state index in [0.29, 0.717) is 11.3 Å². The van der Waals surface area contributed by atoms with Gasteiger partial charge in [0.15, 0.2) is 0 Å². The summed E-state index contributed by atoms with van der Waals surface area (Å²) in [6, 6.07) is 0. The topological polar surface area (TPSA) is 69.2 Å². The Labute approximate surface area is 56.8 Å². The molecule has 0 fully saturated rings. The van der Waals surface area contributed by atoms with Crippen molar-refractivity contribution in [3.63, 3.8) is 0 Å². The average Bonchev–Trinajstić information content (AvgIpc) is 2.15. The Kier molecular flexibility index (Phi) is 1.66. The molecule has 0 unspecified atom stereocenters. The van der Waals surface area contributed by atoms with E-state index in [-0.39, 0.29) is 6.54 Å². The number of aryl methyl sites for hydroxylation is 1. The van der Waals surface area contributed by atoms with Gasteiger partial charge in [-0.25, -0.2) is 0 Å². The molecule has 0 aliphatic carbocycles. The van der Waals surface area contributed by atoms with Crippen LogP contribution in [0.15, 0.2) is 10.7 Å². The highest BCUT2D eigenvalue weighted by molar-refractivity contribution is 5.09. The first-order valence-electron chi connectivity index (χ1n) is 2.72. The zero-order valence-corrected chi connectivity index (χ0v) is 5.40. The Morgan fingerprint density at radius 1 is 1.90 bits per heavy atom. The summed E-state index contributed by atoms with van der Waals surface area (Å²) in [5.74, 6) is 0.511. The fourth-order valence-electron chi connectivity index (χ4n) is 0.610. The second-order valence-corrected chi connectivity index (χ2v) is 1.90. The van der Waals surface area contributed by atoms with Gasteiger partial charge in [-0.05, 0) is 6.92 Å².